The first-order valence-electron chi connectivity index (χ1n) is 7.13. The van der Waals surface area contributed by atoms with E-state index in [0.717, 1.165) is 38.3 Å². The quantitative estimate of drug-likeness (QED) is 0.854. The van der Waals surface area contributed by atoms with E-state index in [1.807, 2.05) is 4.90 Å². The van der Waals surface area contributed by atoms with E-state index in [-0.39, 0.29) is 11.5 Å². The largest absolute Gasteiger partial charge is 0.478 e. The molecule has 2 rings (SSSR count). The number of hydrogen-bond acceptors (Lipinski definition) is 3. The molecule has 0 aliphatic carbocycles. The summed E-state index contributed by atoms with van der Waals surface area (Å²) >= 11 is 0. The van der Waals surface area contributed by atoms with Gasteiger partial charge in [0.25, 0.3) is 0 Å². The number of amides is 1. The van der Waals surface area contributed by atoms with Crippen LogP contribution in [0.2, 0.25) is 0 Å². The number of nitrogens with zero attached hydrogens (tertiary/aromatic N) is 2. The van der Waals surface area contributed by atoms with Gasteiger partial charge in [0.15, 0.2) is 0 Å². The fourth-order valence-corrected chi connectivity index (χ4v) is 2.29. The lowest BCUT2D eigenvalue weighted by molar-refractivity contribution is -0.127. The summed E-state index contributed by atoms with van der Waals surface area (Å²) < 4.78 is 0. The van der Waals surface area contributed by atoms with Gasteiger partial charge in [-0.3, -0.25) is 4.79 Å². The molecule has 21 heavy (non-hydrogen) atoms. The highest BCUT2D eigenvalue weighted by Gasteiger charge is 2.18. The summed E-state index contributed by atoms with van der Waals surface area (Å²) in [6.07, 6.45) is 3.28. The van der Waals surface area contributed by atoms with Gasteiger partial charge in [0, 0.05) is 32.3 Å². The molecule has 0 unspecified atom stereocenters. The molecule has 5 heteroatoms. The van der Waals surface area contributed by atoms with Crippen molar-refractivity contribution in [3.05, 3.63) is 41.5 Å². The number of aromatic carboxylic acids is 1. The maximum absolute atomic E-state index is 12.1. The van der Waals surface area contributed by atoms with Gasteiger partial charge in [0.2, 0.25) is 5.91 Å². The van der Waals surface area contributed by atoms with Crippen molar-refractivity contribution in [2.45, 2.75) is 6.92 Å². The Labute approximate surface area is 124 Å². The average molecular weight is 288 g/mol. The molecule has 0 spiro atoms. The van der Waals surface area contributed by atoms with Crippen LogP contribution >= 0.6 is 0 Å². The van der Waals surface area contributed by atoms with Crippen molar-refractivity contribution in [3.63, 3.8) is 0 Å². The lowest BCUT2D eigenvalue weighted by Gasteiger charge is -2.33. The number of rotatable bonds is 4. The Hall–Kier alpha value is -2.14. The Balaban J connectivity index is 1.91. The summed E-state index contributed by atoms with van der Waals surface area (Å²) in [5, 5.41) is 8.82. The smallest absolute Gasteiger partial charge is 0.335 e. The van der Waals surface area contributed by atoms with Crippen LogP contribution < -0.4 is 0 Å². The summed E-state index contributed by atoms with van der Waals surface area (Å²) in [5.41, 5.74) is 1.06. The van der Waals surface area contributed by atoms with Gasteiger partial charge in [-0.05, 0) is 30.3 Å². The predicted octanol–water partition coefficient (Wildman–Crippen LogP) is 1.56. The third-order valence-corrected chi connectivity index (χ3v) is 3.71. The third kappa shape index (κ3) is 4.16. The van der Waals surface area contributed by atoms with Crippen molar-refractivity contribution in [3.8, 4) is 0 Å². The molecule has 1 aromatic rings. The fraction of sp³-hybridized carbons (Fsp3) is 0.375. The molecule has 1 saturated heterocycles. The van der Waals surface area contributed by atoms with Crippen LogP contribution in [0.25, 0.3) is 6.08 Å². The molecule has 1 N–H and O–H groups in total. The zero-order chi connectivity index (χ0) is 15.2. The van der Waals surface area contributed by atoms with E-state index in [4.69, 9.17) is 5.11 Å². The van der Waals surface area contributed by atoms with Gasteiger partial charge in [-0.1, -0.05) is 19.1 Å². The Morgan fingerprint density at radius 2 is 1.76 bits per heavy atom. The molecule has 0 bridgehead atoms. The minimum absolute atomic E-state index is 0.00747. The molecule has 112 valence electrons. The molecule has 0 radical (unpaired) electrons. The van der Waals surface area contributed by atoms with Gasteiger partial charge in [0.05, 0.1) is 5.56 Å². The van der Waals surface area contributed by atoms with Crippen LogP contribution in [0, 0.1) is 0 Å². The molecule has 0 saturated carbocycles. The monoisotopic (exact) mass is 288 g/mol. The summed E-state index contributed by atoms with van der Waals surface area (Å²) in [4.78, 5) is 27.0. The van der Waals surface area contributed by atoms with Crippen molar-refractivity contribution in [1.82, 2.24) is 9.80 Å². The van der Waals surface area contributed by atoms with Crippen LogP contribution in [0.1, 0.15) is 22.8 Å². The second-order valence-electron chi connectivity index (χ2n) is 5.02. The second kappa shape index (κ2) is 7.04. The first-order valence-corrected chi connectivity index (χ1v) is 7.13. The minimum Gasteiger partial charge on any atom is -0.478 e. The normalized spacial score (nSPS) is 16.3. The van der Waals surface area contributed by atoms with Crippen molar-refractivity contribution in [2.24, 2.45) is 0 Å². The number of carboxylic acid groups (broad SMARTS) is 1. The number of carbonyl (C=O) groups excluding carboxylic acids is 1. The van der Waals surface area contributed by atoms with E-state index in [0.29, 0.717) is 0 Å². The maximum atomic E-state index is 12.1. The number of piperazine rings is 1. The summed E-state index contributed by atoms with van der Waals surface area (Å²) in [5.74, 6) is -0.941. The Morgan fingerprint density at radius 1 is 1.14 bits per heavy atom. The number of likely N-dealkylation sites (N-methyl/N-ethyl adjacent to an activating group) is 1. The Morgan fingerprint density at radius 3 is 2.29 bits per heavy atom. The Kier molecular flexibility index (Phi) is 5.11. The molecule has 1 heterocycles. The second-order valence-corrected chi connectivity index (χ2v) is 5.02. The highest BCUT2D eigenvalue weighted by atomic mass is 16.4. The van der Waals surface area contributed by atoms with E-state index < -0.39 is 5.97 Å². The summed E-state index contributed by atoms with van der Waals surface area (Å²) in [6, 6.07) is 6.46. The number of carboxylic acids is 1. The molecule has 5 nitrogen and oxygen atoms in total. The van der Waals surface area contributed by atoms with E-state index in [2.05, 4.69) is 11.8 Å². The fourth-order valence-electron chi connectivity index (χ4n) is 2.29. The zero-order valence-corrected chi connectivity index (χ0v) is 12.2. The lowest BCUT2D eigenvalue weighted by atomic mass is 10.1. The van der Waals surface area contributed by atoms with Gasteiger partial charge < -0.3 is 14.9 Å². The van der Waals surface area contributed by atoms with E-state index >= 15 is 0 Å². The number of hydrogen-bond donors (Lipinski definition) is 1. The SMILES string of the molecule is CCN1CCN(C(=O)C=Cc2ccc(C(=O)O)cc2)CC1. The molecule has 0 atom stereocenters. The first kappa shape index (κ1) is 15.3. The van der Waals surface area contributed by atoms with E-state index in [1.165, 1.54) is 12.1 Å². The van der Waals surface area contributed by atoms with Crippen molar-refractivity contribution in [1.29, 1.82) is 0 Å². The van der Waals surface area contributed by atoms with Crippen LogP contribution in [0.4, 0.5) is 0 Å². The molecule has 1 aromatic carbocycles. The van der Waals surface area contributed by atoms with Gasteiger partial charge in [0.1, 0.15) is 0 Å². The lowest BCUT2D eigenvalue weighted by Crippen LogP contribution is -2.48. The number of benzene rings is 1. The maximum Gasteiger partial charge on any atom is 0.335 e. The van der Waals surface area contributed by atoms with Crippen LogP contribution in [-0.4, -0.2) is 59.5 Å². The topological polar surface area (TPSA) is 60.9 Å². The standard InChI is InChI=1S/C16H20N2O3/c1-2-17-9-11-18(12-10-17)15(19)8-5-13-3-6-14(7-4-13)16(20)21/h3-8H,2,9-12H2,1H3,(H,20,21). The van der Waals surface area contributed by atoms with Crippen molar-refractivity contribution >= 4 is 18.0 Å². The Bertz CT molecular complexity index is 529. The molecule has 1 amide bonds. The van der Waals surface area contributed by atoms with Crippen LogP contribution in [-0.2, 0) is 4.79 Å². The average Bonchev–Trinajstić information content (AvgIpc) is 2.53. The molecular formula is C16H20N2O3. The highest BCUT2D eigenvalue weighted by Crippen LogP contribution is 2.08. The van der Waals surface area contributed by atoms with Gasteiger partial charge in [-0.25, -0.2) is 4.79 Å². The van der Waals surface area contributed by atoms with Gasteiger partial charge in [-0.2, -0.15) is 0 Å². The van der Waals surface area contributed by atoms with E-state index in [9.17, 15) is 9.59 Å². The van der Waals surface area contributed by atoms with Crippen LogP contribution in [0.3, 0.4) is 0 Å². The molecule has 1 fully saturated rings. The van der Waals surface area contributed by atoms with Gasteiger partial charge >= 0.3 is 5.97 Å². The van der Waals surface area contributed by atoms with Crippen molar-refractivity contribution in [2.75, 3.05) is 32.7 Å². The van der Waals surface area contributed by atoms with Crippen LogP contribution in [0.15, 0.2) is 30.3 Å². The van der Waals surface area contributed by atoms with Gasteiger partial charge in [-0.15, -0.1) is 0 Å². The summed E-state index contributed by atoms with van der Waals surface area (Å²) in [6.45, 7) is 6.50. The van der Waals surface area contributed by atoms with E-state index in [1.54, 1.807) is 24.3 Å². The minimum atomic E-state index is -0.949. The number of carbonyl (C=O) groups is 2. The molecule has 0 aromatic heterocycles. The summed E-state index contributed by atoms with van der Waals surface area (Å²) in [7, 11) is 0. The van der Waals surface area contributed by atoms with Crippen molar-refractivity contribution < 1.29 is 14.7 Å². The predicted molar refractivity (Wildman–Crippen MR) is 81.1 cm³/mol. The molecule has 1 aliphatic rings. The molecule has 1 aliphatic heterocycles. The third-order valence-electron chi connectivity index (χ3n) is 3.71. The first-order chi connectivity index (χ1) is 10.1. The van der Waals surface area contributed by atoms with Crippen LogP contribution in [0.5, 0.6) is 0 Å². The molecular weight excluding hydrogens is 268 g/mol. The zero-order valence-electron chi connectivity index (χ0n) is 12.2. The highest BCUT2D eigenvalue weighted by molar-refractivity contribution is 5.92.